The molecule has 2 N–H and O–H groups in total. The molecule has 0 radical (unpaired) electrons. The van der Waals surface area contributed by atoms with Gasteiger partial charge in [-0.1, -0.05) is 51.1 Å². The summed E-state index contributed by atoms with van der Waals surface area (Å²) in [5.41, 5.74) is 1.30. The smallest absolute Gasteiger partial charge is 0.263 e. The molecule has 0 fully saturated rings. The van der Waals surface area contributed by atoms with E-state index in [1.165, 1.54) is 25.3 Å². The minimum Gasteiger partial charge on any atom is -0.493 e. The second kappa shape index (κ2) is 14.0. The zero-order valence-electron chi connectivity index (χ0n) is 26.0. The van der Waals surface area contributed by atoms with Crippen LogP contribution in [0.1, 0.15) is 26.3 Å². The van der Waals surface area contributed by atoms with E-state index in [0.29, 0.717) is 11.3 Å². The molecule has 0 atom stereocenters. The Morgan fingerprint density at radius 2 is 1.53 bits per heavy atom. The van der Waals surface area contributed by atoms with E-state index < -0.39 is 20.0 Å². The highest BCUT2D eigenvalue weighted by molar-refractivity contribution is 7.92. The van der Waals surface area contributed by atoms with Gasteiger partial charge >= 0.3 is 0 Å². The maximum atomic E-state index is 13.8. The second-order valence-electron chi connectivity index (χ2n) is 11.1. The molecule has 246 valence electrons. The molecule has 0 aliphatic carbocycles. The van der Waals surface area contributed by atoms with Crippen molar-refractivity contribution in [3.8, 4) is 34.5 Å². The van der Waals surface area contributed by atoms with Crippen molar-refractivity contribution in [3.05, 3.63) is 96.1 Å². The third-order valence-corrected chi connectivity index (χ3v) is 10.9. The Labute approximate surface area is 277 Å². The number of methoxy groups -OCH3 is 1. The van der Waals surface area contributed by atoms with E-state index in [-0.39, 0.29) is 56.7 Å². The van der Waals surface area contributed by atoms with Gasteiger partial charge in [-0.15, -0.1) is 11.3 Å². The van der Waals surface area contributed by atoms with Crippen molar-refractivity contribution in [2.24, 2.45) is 0 Å². The number of para-hydroxylation sites is 2. The molecule has 3 aromatic heterocycles. The zero-order valence-corrected chi connectivity index (χ0v) is 28.4. The molecule has 0 aliphatic heterocycles. The van der Waals surface area contributed by atoms with Crippen LogP contribution < -0.4 is 23.7 Å². The summed E-state index contributed by atoms with van der Waals surface area (Å²) in [5, 5.41) is 1.66. The SMILES string of the molecule is COc1ccccc1Oc1c(NS(=O)(=O)c2ccc(C(C)(C)C)cc2)nc(-c2ccncc2)nc1OCCNS(=O)(=O)c1cccs1. The van der Waals surface area contributed by atoms with Crippen molar-refractivity contribution >= 4 is 37.2 Å². The van der Waals surface area contributed by atoms with Gasteiger partial charge in [0, 0.05) is 24.5 Å². The first-order valence-corrected chi connectivity index (χ1v) is 18.1. The van der Waals surface area contributed by atoms with Crippen molar-refractivity contribution in [1.29, 1.82) is 0 Å². The molecule has 0 saturated carbocycles. The largest absolute Gasteiger partial charge is 0.493 e. The standard InChI is InChI=1S/C32H33N5O7S3/c1-32(2,3)23-11-13-24(14-12-23)46(38,39)37-30-28(44-26-9-6-5-8-25(26)42-4)31(36-29(35-30)22-15-17-33-18-16-22)43-20-19-34-47(40,41)27-10-7-21-45-27/h5-18,21,34H,19-20H2,1-4H3,(H,35,36,37). The topological polar surface area (TPSA) is 159 Å². The number of hydrogen-bond donors (Lipinski definition) is 2. The molecule has 0 amide bonds. The van der Waals surface area contributed by atoms with E-state index in [1.807, 2.05) is 20.8 Å². The average molecular weight is 696 g/mol. The van der Waals surface area contributed by atoms with Gasteiger partial charge in [0.1, 0.15) is 10.8 Å². The van der Waals surface area contributed by atoms with Crippen LogP contribution in [0, 0.1) is 0 Å². The maximum Gasteiger partial charge on any atom is 0.263 e. The lowest BCUT2D eigenvalue weighted by atomic mass is 9.87. The number of aromatic nitrogens is 3. The number of hydrogen-bond acceptors (Lipinski definition) is 11. The number of sulfonamides is 2. The number of benzene rings is 2. The molecule has 0 spiro atoms. The lowest BCUT2D eigenvalue weighted by molar-refractivity contribution is 0.292. The molecule has 47 heavy (non-hydrogen) atoms. The molecule has 0 bridgehead atoms. The molecule has 15 heteroatoms. The summed E-state index contributed by atoms with van der Waals surface area (Å²) in [6.07, 6.45) is 3.08. The van der Waals surface area contributed by atoms with E-state index in [0.717, 1.165) is 16.9 Å². The van der Waals surface area contributed by atoms with Crippen molar-refractivity contribution in [2.45, 2.75) is 35.3 Å². The predicted octanol–water partition coefficient (Wildman–Crippen LogP) is 5.86. The molecule has 0 aliphatic rings. The number of anilines is 1. The van der Waals surface area contributed by atoms with Gasteiger partial charge in [0.25, 0.3) is 15.9 Å². The van der Waals surface area contributed by atoms with Crippen molar-refractivity contribution < 1.29 is 31.0 Å². The molecule has 0 saturated heterocycles. The normalized spacial score (nSPS) is 12.0. The monoisotopic (exact) mass is 695 g/mol. The molecule has 2 aromatic carbocycles. The lowest BCUT2D eigenvalue weighted by Gasteiger charge is -2.20. The first-order chi connectivity index (χ1) is 22.4. The number of rotatable bonds is 13. The first kappa shape index (κ1) is 33.8. The third kappa shape index (κ3) is 8.24. The van der Waals surface area contributed by atoms with Crippen LogP contribution in [0.5, 0.6) is 23.1 Å². The maximum absolute atomic E-state index is 13.8. The van der Waals surface area contributed by atoms with E-state index in [2.05, 4.69) is 24.4 Å². The molecule has 0 unspecified atom stereocenters. The molecular weight excluding hydrogens is 663 g/mol. The predicted molar refractivity (Wildman–Crippen MR) is 179 cm³/mol. The Balaban J connectivity index is 1.56. The van der Waals surface area contributed by atoms with E-state index in [1.54, 1.807) is 72.4 Å². The summed E-state index contributed by atoms with van der Waals surface area (Å²) in [6, 6.07) is 19.7. The Bertz CT molecular complexity index is 2030. The summed E-state index contributed by atoms with van der Waals surface area (Å²) >= 11 is 1.08. The number of nitrogens with one attached hydrogen (secondary N) is 2. The molecule has 3 heterocycles. The van der Waals surface area contributed by atoms with Crippen molar-refractivity contribution in [3.63, 3.8) is 0 Å². The van der Waals surface area contributed by atoms with Crippen LogP contribution in [-0.4, -0.2) is 52.0 Å². The lowest BCUT2D eigenvalue weighted by Crippen LogP contribution is -2.28. The highest BCUT2D eigenvalue weighted by Crippen LogP contribution is 2.41. The molecule has 5 rings (SSSR count). The summed E-state index contributed by atoms with van der Waals surface area (Å²) in [6.45, 7) is 5.80. The van der Waals surface area contributed by atoms with Gasteiger partial charge in [0.15, 0.2) is 23.1 Å². The van der Waals surface area contributed by atoms with Gasteiger partial charge < -0.3 is 14.2 Å². The fourth-order valence-electron chi connectivity index (χ4n) is 4.26. The van der Waals surface area contributed by atoms with E-state index in [4.69, 9.17) is 14.2 Å². The fourth-order valence-corrected chi connectivity index (χ4v) is 7.32. The van der Waals surface area contributed by atoms with Crippen LogP contribution in [0.3, 0.4) is 0 Å². The Morgan fingerprint density at radius 3 is 2.17 bits per heavy atom. The van der Waals surface area contributed by atoms with Gasteiger partial charge in [0.05, 0.1) is 12.0 Å². The van der Waals surface area contributed by atoms with Gasteiger partial charge in [-0.25, -0.2) is 26.5 Å². The Kier molecular flexibility index (Phi) is 10.1. The molecule has 5 aromatic rings. The van der Waals surface area contributed by atoms with Crippen LogP contribution in [0.15, 0.2) is 99.7 Å². The highest BCUT2D eigenvalue weighted by Gasteiger charge is 2.26. The fraction of sp³-hybridized carbons (Fsp3) is 0.219. The van der Waals surface area contributed by atoms with Gasteiger partial charge in [0.2, 0.25) is 15.8 Å². The number of thiophene rings is 1. The summed E-state index contributed by atoms with van der Waals surface area (Å²) in [4.78, 5) is 13.1. The van der Waals surface area contributed by atoms with Gasteiger partial charge in [-0.3, -0.25) is 9.71 Å². The Morgan fingerprint density at radius 1 is 0.830 bits per heavy atom. The minimum absolute atomic E-state index is 0.00303. The quantitative estimate of drug-likeness (QED) is 0.143. The summed E-state index contributed by atoms with van der Waals surface area (Å²) in [7, 11) is -6.49. The average Bonchev–Trinajstić information content (AvgIpc) is 3.61. The highest BCUT2D eigenvalue weighted by atomic mass is 32.2. The minimum atomic E-state index is -4.20. The van der Waals surface area contributed by atoms with Crippen LogP contribution >= 0.6 is 11.3 Å². The molecule has 12 nitrogen and oxygen atoms in total. The number of nitrogens with zero attached hydrogens (tertiary/aromatic N) is 3. The second-order valence-corrected chi connectivity index (χ2v) is 15.7. The van der Waals surface area contributed by atoms with Crippen molar-refractivity contribution in [1.82, 2.24) is 19.7 Å². The van der Waals surface area contributed by atoms with Crippen LogP contribution in [-0.2, 0) is 25.5 Å². The number of pyridine rings is 1. The first-order valence-electron chi connectivity index (χ1n) is 14.3. The van der Waals surface area contributed by atoms with Crippen molar-refractivity contribution in [2.75, 3.05) is 25.0 Å². The van der Waals surface area contributed by atoms with Crippen LogP contribution in [0.4, 0.5) is 5.82 Å². The summed E-state index contributed by atoms with van der Waals surface area (Å²) in [5.74, 6) is 0.166. The van der Waals surface area contributed by atoms with Gasteiger partial charge in [-0.05, 0) is 58.8 Å². The third-order valence-electron chi connectivity index (χ3n) is 6.71. The van der Waals surface area contributed by atoms with Gasteiger partial charge in [-0.2, -0.15) is 4.98 Å². The van der Waals surface area contributed by atoms with Crippen LogP contribution in [0.25, 0.3) is 11.4 Å². The zero-order chi connectivity index (χ0) is 33.7. The summed E-state index contributed by atoms with van der Waals surface area (Å²) < 4.78 is 75.6. The Hall–Kier alpha value is -4.57. The van der Waals surface area contributed by atoms with E-state index in [9.17, 15) is 16.8 Å². The molecular formula is C32H33N5O7S3. The van der Waals surface area contributed by atoms with Crippen LogP contribution in [0.2, 0.25) is 0 Å². The van der Waals surface area contributed by atoms with E-state index >= 15 is 0 Å². The number of ether oxygens (including phenoxy) is 3.